The van der Waals surface area contributed by atoms with E-state index in [9.17, 15) is 0 Å². The standard InChI is InChI=1S/C16H23N3S/c1-10(2)13-7-6-8-14(11(3)4)16(13)17-9-15-19-18-12(5)20-15/h6-8,10-11,17H,9H2,1-5H3. The summed E-state index contributed by atoms with van der Waals surface area (Å²) in [7, 11) is 0. The molecule has 108 valence electrons. The summed E-state index contributed by atoms with van der Waals surface area (Å²) in [5.74, 6) is 1.01. The summed E-state index contributed by atoms with van der Waals surface area (Å²) >= 11 is 1.65. The summed E-state index contributed by atoms with van der Waals surface area (Å²) in [6.07, 6.45) is 0. The highest BCUT2D eigenvalue weighted by Crippen LogP contribution is 2.32. The van der Waals surface area contributed by atoms with Crippen molar-refractivity contribution >= 4 is 17.0 Å². The molecule has 1 heterocycles. The molecule has 0 saturated heterocycles. The Morgan fingerprint density at radius 3 is 2.10 bits per heavy atom. The zero-order valence-electron chi connectivity index (χ0n) is 12.9. The molecule has 0 aliphatic carbocycles. The van der Waals surface area contributed by atoms with Gasteiger partial charge >= 0.3 is 0 Å². The van der Waals surface area contributed by atoms with E-state index >= 15 is 0 Å². The molecule has 4 heteroatoms. The van der Waals surface area contributed by atoms with Crippen LogP contribution in [-0.2, 0) is 6.54 Å². The summed E-state index contributed by atoms with van der Waals surface area (Å²) in [5.41, 5.74) is 4.01. The van der Waals surface area contributed by atoms with Crippen molar-refractivity contribution in [3.8, 4) is 0 Å². The van der Waals surface area contributed by atoms with Crippen LogP contribution < -0.4 is 5.32 Å². The normalized spacial score (nSPS) is 11.3. The lowest BCUT2D eigenvalue weighted by molar-refractivity contribution is 0.831. The van der Waals surface area contributed by atoms with E-state index in [-0.39, 0.29) is 0 Å². The maximum atomic E-state index is 4.19. The molecule has 1 N–H and O–H groups in total. The fourth-order valence-corrected chi connectivity index (χ4v) is 2.98. The number of anilines is 1. The smallest absolute Gasteiger partial charge is 0.136 e. The molecule has 1 aromatic carbocycles. The van der Waals surface area contributed by atoms with Crippen molar-refractivity contribution < 1.29 is 0 Å². The van der Waals surface area contributed by atoms with Gasteiger partial charge in [0.2, 0.25) is 0 Å². The minimum Gasteiger partial charge on any atom is -0.378 e. The zero-order valence-corrected chi connectivity index (χ0v) is 13.7. The van der Waals surface area contributed by atoms with Crippen LogP contribution in [0.1, 0.15) is 60.7 Å². The number of hydrogen-bond donors (Lipinski definition) is 1. The minimum atomic E-state index is 0.507. The van der Waals surface area contributed by atoms with Gasteiger partial charge in [0.25, 0.3) is 0 Å². The van der Waals surface area contributed by atoms with Crippen LogP contribution in [0, 0.1) is 6.92 Å². The maximum absolute atomic E-state index is 4.19. The number of nitrogens with zero attached hydrogens (tertiary/aromatic N) is 2. The molecule has 0 bridgehead atoms. The van der Waals surface area contributed by atoms with Gasteiger partial charge in [0.15, 0.2) is 0 Å². The lowest BCUT2D eigenvalue weighted by Crippen LogP contribution is -2.07. The number of aromatic nitrogens is 2. The Hall–Kier alpha value is -1.42. The number of rotatable bonds is 5. The van der Waals surface area contributed by atoms with Gasteiger partial charge in [-0.05, 0) is 29.9 Å². The summed E-state index contributed by atoms with van der Waals surface area (Å²) in [6, 6.07) is 6.58. The number of hydrogen-bond acceptors (Lipinski definition) is 4. The number of benzene rings is 1. The third-order valence-corrected chi connectivity index (χ3v) is 4.20. The van der Waals surface area contributed by atoms with Crippen molar-refractivity contribution in [3.05, 3.63) is 39.3 Å². The molecule has 0 saturated carbocycles. The molecule has 0 aliphatic rings. The van der Waals surface area contributed by atoms with E-state index in [0.717, 1.165) is 16.6 Å². The minimum absolute atomic E-state index is 0.507. The van der Waals surface area contributed by atoms with E-state index in [2.05, 4.69) is 61.4 Å². The Morgan fingerprint density at radius 2 is 1.65 bits per heavy atom. The third kappa shape index (κ3) is 3.37. The molecule has 20 heavy (non-hydrogen) atoms. The van der Waals surface area contributed by atoms with Crippen molar-refractivity contribution in [2.24, 2.45) is 0 Å². The van der Waals surface area contributed by atoms with Crippen LogP contribution in [-0.4, -0.2) is 10.2 Å². The van der Waals surface area contributed by atoms with E-state index in [1.807, 2.05) is 6.92 Å². The molecule has 3 nitrogen and oxygen atoms in total. The van der Waals surface area contributed by atoms with Crippen molar-refractivity contribution in [2.75, 3.05) is 5.32 Å². The predicted octanol–water partition coefficient (Wildman–Crippen LogP) is 4.71. The SMILES string of the molecule is Cc1nnc(CNc2c(C(C)C)cccc2C(C)C)s1. The Morgan fingerprint density at radius 1 is 1.05 bits per heavy atom. The number of para-hydroxylation sites is 1. The highest BCUT2D eigenvalue weighted by molar-refractivity contribution is 7.11. The monoisotopic (exact) mass is 289 g/mol. The summed E-state index contributed by atoms with van der Waals surface area (Å²) < 4.78 is 0. The molecule has 0 fully saturated rings. The lowest BCUT2D eigenvalue weighted by atomic mass is 9.92. The Kier molecular flexibility index (Phi) is 4.76. The van der Waals surface area contributed by atoms with Crippen molar-refractivity contribution in [2.45, 2.75) is 53.0 Å². The molecule has 0 atom stereocenters. The van der Waals surface area contributed by atoms with Gasteiger partial charge in [0.1, 0.15) is 10.0 Å². The second-order valence-electron chi connectivity index (χ2n) is 5.69. The Labute approximate surface area is 125 Å². The molecule has 0 spiro atoms. The van der Waals surface area contributed by atoms with Gasteiger partial charge in [0, 0.05) is 5.69 Å². The lowest BCUT2D eigenvalue weighted by Gasteiger charge is -2.20. The number of nitrogens with one attached hydrogen (secondary N) is 1. The average Bonchev–Trinajstić information content (AvgIpc) is 2.81. The molecule has 0 unspecified atom stereocenters. The van der Waals surface area contributed by atoms with Gasteiger partial charge in [-0.25, -0.2) is 0 Å². The zero-order chi connectivity index (χ0) is 14.7. The Bertz CT molecular complexity index is 547. The Balaban J connectivity index is 2.28. The molecule has 0 aliphatic heterocycles. The summed E-state index contributed by atoms with van der Waals surface area (Å²) in [6.45, 7) is 11.7. The van der Waals surface area contributed by atoms with E-state index in [0.29, 0.717) is 11.8 Å². The fourth-order valence-electron chi connectivity index (χ4n) is 2.33. The van der Waals surface area contributed by atoms with Crippen molar-refractivity contribution in [3.63, 3.8) is 0 Å². The van der Waals surface area contributed by atoms with Crippen LogP contribution in [0.15, 0.2) is 18.2 Å². The van der Waals surface area contributed by atoms with Gasteiger partial charge in [-0.2, -0.15) is 0 Å². The van der Waals surface area contributed by atoms with Gasteiger partial charge in [-0.3, -0.25) is 0 Å². The predicted molar refractivity (Wildman–Crippen MR) is 86.6 cm³/mol. The van der Waals surface area contributed by atoms with E-state index < -0.39 is 0 Å². The van der Waals surface area contributed by atoms with Gasteiger partial charge < -0.3 is 5.32 Å². The molecule has 2 aromatic rings. The third-order valence-electron chi connectivity index (χ3n) is 3.36. The molecule has 0 radical (unpaired) electrons. The van der Waals surface area contributed by atoms with Gasteiger partial charge in [-0.15, -0.1) is 10.2 Å². The first-order valence-corrected chi connectivity index (χ1v) is 7.96. The van der Waals surface area contributed by atoms with Crippen LogP contribution >= 0.6 is 11.3 Å². The van der Waals surface area contributed by atoms with E-state index in [1.165, 1.54) is 16.8 Å². The van der Waals surface area contributed by atoms with Crippen LogP contribution in [0.25, 0.3) is 0 Å². The molecule has 2 rings (SSSR count). The summed E-state index contributed by atoms with van der Waals surface area (Å²) in [4.78, 5) is 0. The molecule has 0 amide bonds. The highest BCUT2D eigenvalue weighted by Gasteiger charge is 2.13. The molecule has 1 aromatic heterocycles. The van der Waals surface area contributed by atoms with Gasteiger partial charge in [0.05, 0.1) is 6.54 Å². The first-order chi connectivity index (χ1) is 9.49. The van der Waals surface area contributed by atoms with Crippen LogP contribution in [0.2, 0.25) is 0 Å². The number of aryl methyl sites for hydroxylation is 1. The van der Waals surface area contributed by atoms with E-state index in [4.69, 9.17) is 0 Å². The highest BCUT2D eigenvalue weighted by atomic mass is 32.1. The summed E-state index contributed by atoms with van der Waals surface area (Å²) in [5, 5.41) is 13.9. The van der Waals surface area contributed by atoms with Crippen LogP contribution in [0.4, 0.5) is 5.69 Å². The fraction of sp³-hybridized carbons (Fsp3) is 0.500. The largest absolute Gasteiger partial charge is 0.378 e. The van der Waals surface area contributed by atoms with E-state index in [1.54, 1.807) is 11.3 Å². The van der Waals surface area contributed by atoms with Crippen molar-refractivity contribution in [1.82, 2.24) is 10.2 Å². The van der Waals surface area contributed by atoms with Crippen molar-refractivity contribution in [1.29, 1.82) is 0 Å². The molecular formula is C16H23N3S. The quantitative estimate of drug-likeness (QED) is 0.866. The second-order valence-corrected chi connectivity index (χ2v) is 6.96. The van der Waals surface area contributed by atoms with Crippen LogP contribution in [0.5, 0.6) is 0 Å². The first-order valence-electron chi connectivity index (χ1n) is 7.14. The molecular weight excluding hydrogens is 266 g/mol. The average molecular weight is 289 g/mol. The second kappa shape index (κ2) is 6.35. The first kappa shape index (κ1) is 15.0. The topological polar surface area (TPSA) is 37.8 Å². The van der Waals surface area contributed by atoms with Crippen LogP contribution in [0.3, 0.4) is 0 Å². The van der Waals surface area contributed by atoms with Gasteiger partial charge in [-0.1, -0.05) is 57.2 Å². The maximum Gasteiger partial charge on any atom is 0.136 e.